The summed E-state index contributed by atoms with van der Waals surface area (Å²) in [6, 6.07) is 10.5. The van der Waals surface area contributed by atoms with Gasteiger partial charge in [0.25, 0.3) is 0 Å². The Labute approximate surface area is 194 Å². The predicted molar refractivity (Wildman–Crippen MR) is 128 cm³/mol. The molecule has 0 saturated carbocycles. The van der Waals surface area contributed by atoms with Gasteiger partial charge in [0.05, 0.1) is 22.5 Å². The summed E-state index contributed by atoms with van der Waals surface area (Å²) in [4.78, 5) is 4.86. The van der Waals surface area contributed by atoms with E-state index in [2.05, 4.69) is 4.98 Å². The van der Waals surface area contributed by atoms with Crippen molar-refractivity contribution in [1.29, 1.82) is 0 Å². The maximum absolute atomic E-state index is 14.3. The molecule has 10 heteroatoms. The summed E-state index contributed by atoms with van der Waals surface area (Å²) in [6.07, 6.45) is 1.34. The van der Waals surface area contributed by atoms with Crippen LogP contribution in [0.3, 0.4) is 0 Å². The molecule has 2 N–H and O–H groups in total. The third-order valence-corrected chi connectivity index (χ3v) is 6.67. The van der Waals surface area contributed by atoms with Crippen molar-refractivity contribution in [2.24, 2.45) is 5.73 Å². The molecule has 0 fully saturated rings. The van der Waals surface area contributed by atoms with E-state index in [1.54, 1.807) is 18.2 Å². The van der Waals surface area contributed by atoms with Crippen LogP contribution in [0, 0.1) is 13.8 Å². The normalized spacial score (nSPS) is 12.0. The van der Waals surface area contributed by atoms with E-state index in [1.807, 2.05) is 36.6 Å². The van der Waals surface area contributed by atoms with Gasteiger partial charge in [-0.15, -0.1) is 24.8 Å². The molecule has 2 aromatic heterocycles. The highest BCUT2D eigenvalue weighted by atomic mass is 35.5. The van der Waals surface area contributed by atoms with Gasteiger partial charge < -0.3 is 10.3 Å². The minimum absolute atomic E-state index is 0. The molecule has 170 valence electrons. The highest BCUT2D eigenvalue weighted by Crippen LogP contribution is 2.35. The SMILES string of the molecule is Cc1ccc2c(n1)c(-c1cccc(S(=O)(=O)N(C)C)c1)c(C)n2C/C(F)=C/CN.Cl.Cl. The fourth-order valence-electron chi connectivity index (χ4n) is 3.35. The van der Waals surface area contributed by atoms with E-state index >= 15 is 0 Å². The quantitative estimate of drug-likeness (QED) is 0.562. The largest absolute Gasteiger partial charge is 0.336 e. The standard InChI is InChI=1S/C21H25FN4O2S.2ClH/c1-14-8-9-19-21(24-14)20(15(2)26(19)13-17(22)10-11-23)16-6-5-7-18(12-16)29(27,28)25(3)4;;/h5-10,12H,11,13,23H2,1-4H3;2*1H/b17-10-;;. The van der Waals surface area contributed by atoms with Crippen molar-refractivity contribution in [3.8, 4) is 11.1 Å². The molecule has 0 saturated heterocycles. The zero-order chi connectivity index (χ0) is 21.3. The van der Waals surface area contributed by atoms with Gasteiger partial charge in [-0.25, -0.2) is 17.1 Å². The summed E-state index contributed by atoms with van der Waals surface area (Å²) in [5, 5.41) is 0. The van der Waals surface area contributed by atoms with E-state index in [0.717, 1.165) is 28.0 Å². The van der Waals surface area contributed by atoms with Crippen molar-refractivity contribution in [1.82, 2.24) is 13.9 Å². The number of nitrogens with two attached hydrogens (primary N) is 1. The molecule has 2 heterocycles. The number of benzene rings is 1. The van der Waals surface area contributed by atoms with Crippen molar-refractivity contribution in [2.45, 2.75) is 25.3 Å². The first kappa shape index (κ1) is 27.1. The summed E-state index contributed by atoms with van der Waals surface area (Å²) in [5.41, 5.74) is 10.1. The average Bonchev–Trinajstić information content (AvgIpc) is 2.92. The highest BCUT2D eigenvalue weighted by Gasteiger charge is 2.21. The number of aryl methyl sites for hydroxylation is 1. The fourth-order valence-corrected chi connectivity index (χ4v) is 4.30. The smallest absolute Gasteiger partial charge is 0.242 e. The number of halogens is 3. The summed E-state index contributed by atoms with van der Waals surface area (Å²) in [7, 11) is -0.585. The molecule has 0 spiro atoms. The minimum Gasteiger partial charge on any atom is -0.336 e. The van der Waals surface area contributed by atoms with Crippen molar-refractivity contribution in [3.63, 3.8) is 0 Å². The molecule has 0 unspecified atom stereocenters. The Balaban J connectivity index is 0.00000240. The van der Waals surface area contributed by atoms with Crippen molar-refractivity contribution in [2.75, 3.05) is 20.6 Å². The van der Waals surface area contributed by atoms with Gasteiger partial charge in [-0.1, -0.05) is 12.1 Å². The minimum atomic E-state index is -3.58. The number of fused-ring (bicyclic) bond motifs is 1. The summed E-state index contributed by atoms with van der Waals surface area (Å²) in [6.45, 7) is 3.94. The van der Waals surface area contributed by atoms with Crippen LogP contribution >= 0.6 is 24.8 Å². The Morgan fingerprint density at radius 3 is 2.48 bits per heavy atom. The van der Waals surface area contributed by atoms with Crippen LogP contribution in [0.5, 0.6) is 0 Å². The third-order valence-electron chi connectivity index (χ3n) is 4.86. The van der Waals surface area contributed by atoms with Crippen LogP contribution in [-0.2, 0) is 16.6 Å². The average molecular weight is 489 g/mol. The van der Waals surface area contributed by atoms with E-state index in [0.29, 0.717) is 5.52 Å². The van der Waals surface area contributed by atoms with Gasteiger partial charge in [0.2, 0.25) is 10.0 Å². The summed E-state index contributed by atoms with van der Waals surface area (Å²) < 4.78 is 42.4. The maximum Gasteiger partial charge on any atom is 0.242 e. The van der Waals surface area contributed by atoms with Crippen molar-refractivity contribution >= 4 is 45.9 Å². The fraction of sp³-hybridized carbons (Fsp3) is 0.286. The molecule has 6 nitrogen and oxygen atoms in total. The van der Waals surface area contributed by atoms with Crippen LogP contribution in [0.25, 0.3) is 22.2 Å². The van der Waals surface area contributed by atoms with Crippen LogP contribution < -0.4 is 5.73 Å². The van der Waals surface area contributed by atoms with Gasteiger partial charge in [0, 0.05) is 37.6 Å². The van der Waals surface area contributed by atoms with Gasteiger partial charge in [0.1, 0.15) is 5.83 Å². The molecule has 0 amide bonds. The van der Waals surface area contributed by atoms with Gasteiger partial charge in [-0.05, 0) is 49.8 Å². The number of hydrogen-bond donors (Lipinski definition) is 1. The number of hydrogen-bond acceptors (Lipinski definition) is 4. The second kappa shape index (κ2) is 10.6. The molecule has 0 bridgehead atoms. The molecular weight excluding hydrogens is 462 g/mol. The van der Waals surface area contributed by atoms with Crippen molar-refractivity contribution in [3.05, 3.63) is 59.7 Å². The molecule has 31 heavy (non-hydrogen) atoms. The number of pyridine rings is 1. The molecule has 0 aliphatic heterocycles. The molecule has 0 atom stereocenters. The lowest BCUT2D eigenvalue weighted by Gasteiger charge is -2.12. The number of nitrogens with zero attached hydrogens (tertiary/aromatic N) is 3. The lowest BCUT2D eigenvalue weighted by atomic mass is 10.1. The van der Waals surface area contributed by atoms with E-state index in [1.165, 1.54) is 24.5 Å². The van der Waals surface area contributed by atoms with E-state index in [9.17, 15) is 12.8 Å². The Bertz CT molecular complexity index is 1210. The topological polar surface area (TPSA) is 81.2 Å². The van der Waals surface area contributed by atoms with Gasteiger partial charge in [0.15, 0.2) is 0 Å². The van der Waals surface area contributed by atoms with Crippen molar-refractivity contribution < 1.29 is 12.8 Å². The summed E-state index contributed by atoms with van der Waals surface area (Å²) >= 11 is 0. The van der Waals surface area contributed by atoms with Crippen LogP contribution in [0.15, 0.2) is 53.2 Å². The molecule has 3 rings (SSSR count). The van der Waals surface area contributed by atoms with E-state index in [4.69, 9.17) is 5.73 Å². The van der Waals surface area contributed by atoms with Crippen LogP contribution in [0.1, 0.15) is 11.4 Å². The van der Waals surface area contributed by atoms with Crippen LogP contribution in [0.4, 0.5) is 4.39 Å². The number of rotatable bonds is 6. The predicted octanol–water partition coefficient (Wildman–Crippen LogP) is 4.23. The third kappa shape index (κ3) is 5.27. The molecule has 0 aliphatic rings. The van der Waals surface area contributed by atoms with E-state index in [-0.39, 0.29) is 48.6 Å². The Kier molecular flexibility index (Phi) is 9.22. The van der Waals surface area contributed by atoms with Crippen LogP contribution in [0.2, 0.25) is 0 Å². The number of sulfonamides is 1. The number of allylic oxidation sites excluding steroid dienone is 1. The molecule has 3 aromatic rings. The second-order valence-corrected chi connectivity index (χ2v) is 9.22. The summed E-state index contributed by atoms with van der Waals surface area (Å²) in [5.74, 6) is -0.330. The first-order valence-corrected chi connectivity index (χ1v) is 10.6. The monoisotopic (exact) mass is 488 g/mol. The molecule has 0 radical (unpaired) electrons. The first-order chi connectivity index (χ1) is 13.7. The number of aromatic nitrogens is 2. The van der Waals surface area contributed by atoms with E-state index < -0.39 is 10.0 Å². The van der Waals surface area contributed by atoms with Crippen LogP contribution in [-0.4, -0.2) is 42.9 Å². The molecule has 0 aliphatic carbocycles. The molecular formula is C21H27Cl2FN4O2S. The zero-order valence-corrected chi connectivity index (χ0v) is 20.2. The first-order valence-electron chi connectivity index (χ1n) is 9.20. The Morgan fingerprint density at radius 2 is 1.87 bits per heavy atom. The Hall–Kier alpha value is -1.97. The van der Waals surface area contributed by atoms with Gasteiger partial charge in [-0.2, -0.15) is 0 Å². The Morgan fingerprint density at radius 1 is 1.19 bits per heavy atom. The maximum atomic E-state index is 14.3. The zero-order valence-electron chi connectivity index (χ0n) is 17.8. The highest BCUT2D eigenvalue weighted by molar-refractivity contribution is 7.89. The lowest BCUT2D eigenvalue weighted by Crippen LogP contribution is -2.22. The van der Waals surface area contributed by atoms with Gasteiger partial charge >= 0.3 is 0 Å². The van der Waals surface area contributed by atoms with Gasteiger partial charge in [-0.3, -0.25) is 4.98 Å². The second-order valence-electron chi connectivity index (χ2n) is 7.07. The molecule has 1 aromatic carbocycles. The lowest BCUT2D eigenvalue weighted by molar-refractivity contribution is 0.521.